The Morgan fingerprint density at radius 2 is 2.25 bits per heavy atom. The molecule has 4 nitrogen and oxygen atoms in total. The molecule has 0 radical (unpaired) electrons. The summed E-state index contributed by atoms with van der Waals surface area (Å²) in [7, 11) is 0. The van der Waals surface area contributed by atoms with E-state index in [1.54, 1.807) is 18.2 Å². The highest BCUT2D eigenvalue weighted by atomic mass is 35.5. The summed E-state index contributed by atoms with van der Waals surface area (Å²) in [5.74, 6) is -0.336. The molecule has 1 heterocycles. The first-order valence-electron chi connectivity index (χ1n) is 4.86. The Labute approximate surface area is 98.3 Å². The minimum atomic E-state index is -0.690. The molecule has 2 rings (SSSR count). The second kappa shape index (κ2) is 3.96. The Bertz CT molecular complexity index is 429. The number of benzene rings is 1. The first-order chi connectivity index (χ1) is 7.53. The van der Waals surface area contributed by atoms with Crippen molar-refractivity contribution in [2.45, 2.75) is 12.5 Å². The van der Waals surface area contributed by atoms with E-state index >= 15 is 0 Å². The molecule has 1 aromatic carbocycles. The summed E-state index contributed by atoms with van der Waals surface area (Å²) in [6.45, 7) is 2.08. The normalized spacial score (nSPS) is 17.6. The predicted molar refractivity (Wildman–Crippen MR) is 60.1 cm³/mol. The predicted octanol–water partition coefficient (Wildman–Crippen LogP) is 1.71. The van der Waals surface area contributed by atoms with Gasteiger partial charge in [-0.3, -0.25) is 4.79 Å². The molecule has 0 amide bonds. The van der Waals surface area contributed by atoms with Gasteiger partial charge in [0.1, 0.15) is 0 Å². The largest absolute Gasteiger partial charge is 0.449 e. The third-order valence-electron chi connectivity index (χ3n) is 2.53. The molecule has 0 aromatic heterocycles. The highest BCUT2D eigenvalue weighted by Crippen LogP contribution is 2.36. The van der Waals surface area contributed by atoms with E-state index in [0.29, 0.717) is 23.9 Å². The number of halogens is 1. The molecule has 2 N–H and O–H groups in total. The number of rotatable bonds is 2. The van der Waals surface area contributed by atoms with Gasteiger partial charge in [-0.05, 0) is 12.1 Å². The van der Waals surface area contributed by atoms with Crippen LogP contribution < -0.4 is 5.73 Å². The standard InChI is InChI=1S/C11H12ClNO3/c1-7(14)16-11(5-15-6-11)8-2-3-9(12)10(13)4-8/h2-4H,5-6,13H2,1H3. The zero-order chi connectivity index (χ0) is 11.8. The van der Waals surface area contributed by atoms with Crippen LogP contribution in [0.25, 0.3) is 0 Å². The second-order valence-corrected chi connectivity index (χ2v) is 4.22. The Morgan fingerprint density at radius 1 is 1.56 bits per heavy atom. The van der Waals surface area contributed by atoms with E-state index in [9.17, 15) is 4.79 Å². The SMILES string of the molecule is CC(=O)OC1(c2ccc(Cl)c(N)c2)COC1. The Hall–Kier alpha value is -1.26. The van der Waals surface area contributed by atoms with Gasteiger partial charge in [0.2, 0.25) is 0 Å². The smallest absolute Gasteiger partial charge is 0.303 e. The average molecular weight is 242 g/mol. The monoisotopic (exact) mass is 241 g/mol. The van der Waals surface area contributed by atoms with Gasteiger partial charge in [-0.2, -0.15) is 0 Å². The van der Waals surface area contributed by atoms with Gasteiger partial charge in [0, 0.05) is 12.5 Å². The Kier molecular flexibility index (Phi) is 2.78. The van der Waals surface area contributed by atoms with E-state index in [4.69, 9.17) is 26.8 Å². The third kappa shape index (κ3) is 1.86. The lowest BCUT2D eigenvalue weighted by molar-refractivity contribution is -0.216. The Morgan fingerprint density at radius 3 is 2.69 bits per heavy atom. The molecule has 1 aliphatic heterocycles. The average Bonchev–Trinajstić information content (AvgIpc) is 2.16. The van der Waals surface area contributed by atoms with Crippen LogP contribution in [0.4, 0.5) is 5.69 Å². The molecule has 1 aliphatic rings. The van der Waals surface area contributed by atoms with Crippen molar-refractivity contribution in [2.75, 3.05) is 18.9 Å². The van der Waals surface area contributed by atoms with Crippen LogP contribution in [0, 0.1) is 0 Å². The van der Waals surface area contributed by atoms with Gasteiger partial charge in [-0.1, -0.05) is 17.7 Å². The quantitative estimate of drug-likeness (QED) is 0.633. The van der Waals surface area contributed by atoms with Crippen LogP contribution in [-0.4, -0.2) is 19.2 Å². The number of esters is 1. The van der Waals surface area contributed by atoms with Crippen molar-refractivity contribution in [2.24, 2.45) is 0 Å². The van der Waals surface area contributed by atoms with Crippen LogP contribution in [0.5, 0.6) is 0 Å². The maximum atomic E-state index is 11.0. The number of hydrogen-bond donors (Lipinski definition) is 1. The van der Waals surface area contributed by atoms with Gasteiger partial charge in [-0.15, -0.1) is 0 Å². The molecule has 0 unspecified atom stereocenters. The summed E-state index contributed by atoms with van der Waals surface area (Å²) in [5.41, 5.74) is 6.31. The molecule has 5 heteroatoms. The maximum absolute atomic E-state index is 11.0. The fourth-order valence-electron chi connectivity index (χ4n) is 1.67. The van der Waals surface area contributed by atoms with E-state index in [-0.39, 0.29) is 5.97 Å². The molecule has 0 atom stereocenters. The first kappa shape index (κ1) is 11.2. The lowest BCUT2D eigenvalue weighted by Crippen LogP contribution is -2.49. The zero-order valence-corrected chi connectivity index (χ0v) is 9.58. The summed E-state index contributed by atoms with van der Waals surface area (Å²) in [5, 5.41) is 0.488. The first-order valence-corrected chi connectivity index (χ1v) is 5.24. The molecular formula is C11H12ClNO3. The lowest BCUT2D eigenvalue weighted by Gasteiger charge is -2.40. The van der Waals surface area contributed by atoms with Crippen molar-refractivity contribution in [3.05, 3.63) is 28.8 Å². The summed E-state index contributed by atoms with van der Waals surface area (Å²) >= 11 is 5.83. The molecule has 0 bridgehead atoms. The number of carbonyl (C=O) groups is 1. The molecule has 0 spiro atoms. The van der Waals surface area contributed by atoms with Crippen LogP contribution >= 0.6 is 11.6 Å². The van der Waals surface area contributed by atoms with E-state index in [1.165, 1.54) is 6.92 Å². The van der Waals surface area contributed by atoms with Crippen LogP contribution in [0.3, 0.4) is 0 Å². The number of anilines is 1. The van der Waals surface area contributed by atoms with Crippen molar-refractivity contribution in [1.29, 1.82) is 0 Å². The number of hydrogen-bond acceptors (Lipinski definition) is 4. The summed E-state index contributed by atoms with van der Waals surface area (Å²) in [6.07, 6.45) is 0. The number of carbonyl (C=O) groups excluding carboxylic acids is 1. The highest BCUT2D eigenvalue weighted by Gasteiger charge is 2.44. The number of nitrogens with two attached hydrogens (primary N) is 1. The van der Waals surface area contributed by atoms with Gasteiger partial charge in [-0.25, -0.2) is 0 Å². The fraction of sp³-hybridized carbons (Fsp3) is 0.364. The molecule has 1 saturated heterocycles. The summed E-state index contributed by atoms with van der Waals surface area (Å²) in [4.78, 5) is 11.0. The van der Waals surface area contributed by atoms with Gasteiger partial charge in [0.25, 0.3) is 0 Å². The second-order valence-electron chi connectivity index (χ2n) is 3.82. The van der Waals surface area contributed by atoms with Gasteiger partial charge < -0.3 is 15.2 Å². The topological polar surface area (TPSA) is 61.5 Å². The van der Waals surface area contributed by atoms with E-state index in [2.05, 4.69) is 0 Å². The van der Waals surface area contributed by atoms with Gasteiger partial charge in [0.15, 0.2) is 5.60 Å². The molecule has 1 aromatic rings. The van der Waals surface area contributed by atoms with E-state index in [1.807, 2.05) is 0 Å². The minimum Gasteiger partial charge on any atom is -0.449 e. The van der Waals surface area contributed by atoms with Gasteiger partial charge >= 0.3 is 5.97 Å². The fourth-order valence-corrected chi connectivity index (χ4v) is 1.79. The van der Waals surface area contributed by atoms with Crippen molar-refractivity contribution in [1.82, 2.24) is 0 Å². The third-order valence-corrected chi connectivity index (χ3v) is 2.88. The number of ether oxygens (including phenoxy) is 2. The van der Waals surface area contributed by atoms with Crippen molar-refractivity contribution < 1.29 is 14.3 Å². The molecule has 1 fully saturated rings. The molecule has 0 saturated carbocycles. The van der Waals surface area contributed by atoms with Crippen molar-refractivity contribution in [3.63, 3.8) is 0 Å². The minimum absolute atomic E-state index is 0.336. The van der Waals surface area contributed by atoms with E-state index in [0.717, 1.165) is 5.56 Å². The molecule has 16 heavy (non-hydrogen) atoms. The van der Waals surface area contributed by atoms with Gasteiger partial charge in [0.05, 0.1) is 23.9 Å². The Balaban J connectivity index is 2.33. The molecule has 0 aliphatic carbocycles. The van der Waals surface area contributed by atoms with Crippen LogP contribution in [0.2, 0.25) is 5.02 Å². The van der Waals surface area contributed by atoms with E-state index < -0.39 is 5.60 Å². The maximum Gasteiger partial charge on any atom is 0.303 e. The highest BCUT2D eigenvalue weighted by molar-refractivity contribution is 6.33. The van der Waals surface area contributed by atoms with Crippen LogP contribution in [0.15, 0.2) is 18.2 Å². The zero-order valence-electron chi connectivity index (χ0n) is 8.83. The van der Waals surface area contributed by atoms with Crippen LogP contribution in [0.1, 0.15) is 12.5 Å². The number of nitrogen functional groups attached to an aromatic ring is 1. The molecule has 86 valence electrons. The van der Waals surface area contributed by atoms with Crippen molar-refractivity contribution >= 4 is 23.3 Å². The molecular weight excluding hydrogens is 230 g/mol. The van der Waals surface area contributed by atoms with Crippen LogP contribution in [-0.2, 0) is 19.9 Å². The summed E-state index contributed by atoms with van der Waals surface area (Å²) < 4.78 is 10.4. The van der Waals surface area contributed by atoms with Crippen molar-refractivity contribution in [3.8, 4) is 0 Å². The summed E-state index contributed by atoms with van der Waals surface area (Å²) in [6, 6.07) is 5.20. The lowest BCUT2D eigenvalue weighted by atomic mass is 9.91.